The van der Waals surface area contributed by atoms with E-state index >= 15 is 0 Å². The molecule has 1 aromatic carbocycles. The van der Waals surface area contributed by atoms with E-state index in [0.717, 1.165) is 6.07 Å². The van der Waals surface area contributed by atoms with E-state index < -0.39 is 10.4 Å². The summed E-state index contributed by atoms with van der Waals surface area (Å²) in [5.74, 6) is -0.643. The number of rotatable bonds is 3. The zero-order valence-corrected chi connectivity index (χ0v) is 10.6. The molecule has 0 fully saturated rings. The molecule has 1 N–H and O–H groups in total. The third-order valence-electron chi connectivity index (χ3n) is 2.07. The second-order valence-corrected chi connectivity index (χ2v) is 4.15. The Morgan fingerprint density at radius 3 is 2.74 bits per heavy atom. The molecule has 0 spiro atoms. The molecule has 0 bridgehead atoms. The first kappa shape index (κ1) is 13.3. The van der Waals surface area contributed by atoms with Crippen molar-refractivity contribution >= 4 is 28.9 Å². The average molecular weight is 302 g/mol. The summed E-state index contributed by atoms with van der Waals surface area (Å²) in [5.41, 5.74) is -0.999. The van der Waals surface area contributed by atoms with Gasteiger partial charge in [0.2, 0.25) is 11.2 Å². The van der Waals surface area contributed by atoms with Crippen molar-refractivity contribution in [2.45, 2.75) is 0 Å². The minimum Gasteiger partial charge on any atom is -0.426 e. The number of aromatic nitrogens is 2. The number of halogens is 2. The van der Waals surface area contributed by atoms with E-state index in [-0.39, 0.29) is 27.5 Å². The predicted molar refractivity (Wildman–Crippen MR) is 68.0 cm³/mol. The maximum Gasteiger partial charge on any atom is 0.313 e. The summed E-state index contributed by atoms with van der Waals surface area (Å²) in [5, 5.41) is 16.7. The second kappa shape index (κ2) is 5.25. The van der Waals surface area contributed by atoms with Gasteiger partial charge in [0.25, 0.3) is 5.88 Å². The van der Waals surface area contributed by atoms with Crippen molar-refractivity contribution in [3.05, 3.63) is 54.8 Å². The molecule has 7 nitrogen and oxygen atoms in total. The molecule has 9 heteroatoms. The van der Waals surface area contributed by atoms with E-state index in [9.17, 15) is 14.9 Å². The molecule has 2 rings (SSSR count). The number of benzene rings is 1. The molecule has 0 aliphatic carbocycles. The van der Waals surface area contributed by atoms with Crippen molar-refractivity contribution in [2.75, 3.05) is 0 Å². The lowest BCUT2D eigenvalue weighted by molar-refractivity contribution is -0.385. The maximum atomic E-state index is 11.5. The normalized spacial score (nSPS) is 10.2. The Morgan fingerprint density at radius 2 is 2.11 bits per heavy atom. The number of hydrogen-bond donors (Lipinski definition) is 1. The van der Waals surface area contributed by atoms with Crippen LogP contribution in [-0.2, 0) is 0 Å². The molecule has 19 heavy (non-hydrogen) atoms. The van der Waals surface area contributed by atoms with Gasteiger partial charge in [0.05, 0.1) is 9.95 Å². The summed E-state index contributed by atoms with van der Waals surface area (Å²) in [4.78, 5) is 21.7. The van der Waals surface area contributed by atoms with E-state index in [1.54, 1.807) is 0 Å². The molecular weight excluding hydrogens is 297 g/mol. The van der Waals surface area contributed by atoms with Gasteiger partial charge >= 0.3 is 5.69 Å². The molecule has 2 aromatic rings. The lowest BCUT2D eigenvalue weighted by Gasteiger charge is -2.06. The van der Waals surface area contributed by atoms with Crippen LogP contribution >= 0.6 is 23.2 Å². The third kappa shape index (κ3) is 2.83. The van der Waals surface area contributed by atoms with E-state index in [4.69, 9.17) is 27.9 Å². The van der Waals surface area contributed by atoms with Gasteiger partial charge in [0.15, 0.2) is 0 Å². The standard InChI is InChI=1S/C10H5Cl2N3O4/c11-5-2-1-3-6(15(17)18)9(5)19-10-7(16)4-8(12)13-14-10/h1-4H,(H,13,16). The number of nitrogens with zero attached hydrogens (tertiary/aromatic N) is 2. The van der Waals surface area contributed by atoms with Crippen molar-refractivity contribution < 1.29 is 9.66 Å². The molecule has 0 amide bonds. The molecule has 1 heterocycles. The summed E-state index contributed by atoms with van der Waals surface area (Å²) in [6.07, 6.45) is 0. The summed E-state index contributed by atoms with van der Waals surface area (Å²) < 4.78 is 5.10. The van der Waals surface area contributed by atoms with Crippen molar-refractivity contribution in [1.29, 1.82) is 0 Å². The highest BCUT2D eigenvalue weighted by Gasteiger charge is 2.20. The number of para-hydroxylation sites is 1. The number of nitro benzene ring substituents is 1. The Morgan fingerprint density at radius 1 is 1.37 bits per heavy atom. The van der Waals surface area contributed by atoms with Gasteiger partial charge in [-0.2, -0.15) is 0 Å². The van der Waals surface area contributed by atoms with Crippen LogP contribution in [0.2, 0.25) is 10.2 Å². The first-order valence-corrected chi connectivity index (χ1v) is 5.60. The Bertz CT molecular complexity index is 701. The number of aromatic amines is 1. The highest BCUT2D eigenvalue weighted by atomic mass is 35.5. The average Bonchev–Trinajstić information content (AvgIpc) is 2.34. The maximum absolute atomic E-state index is 11.5. The minimum absolute atomic E-state index is 0.00894. The Kier molecular flexibility index (Phi) is 3.68. The lowest BCUT2D eigenvalue weighted by Crippen LogP contribution is -2.08. The van der Waals surface area contributed by atoms with Crippen molar-refractivity contribution in [3.8, 4) is 11.6 Å². The van der Waals surface area contributed by atoms with Crippen molar-refractivity contribution in [3.63, 3.8) is 0 Å². The van der Waals surface area contributed by atoms with Crippen LogP contribution in [0.5, 0.6) is 11.6 Å². The quantitative estimate of drug-likeness (QED) is 0.694. The largest absolute Gasteiger partial charge is 0.426 e. The van der Waals surface area contributed by atoms with Crippen LogP contribution in [0.1, 0.15) is 0 Å². The lowest BCUT2D eigenvalue weighted by atomic mass is 10.3. The first-order chi connectivity index (χ1) is 8.99. The molecule has 0 saturated heterocycles. The molecule has 0 saturated carbocycles. The second-order valence-electron chi connectivity index (χ2n) is 3.33. The Balaban J connectivity index is 2.49. The first-order valence-electron chi connectivity index (χ1n) is 4.85. The van der Waals surface area contributed by atoms with Gasteiger partial charge in [-0.1, -0.05) is 29.3 Å². The summed E-state index contributed by atoms with van der Waals surface area (Å²) in [7, 11) is 0. The third-order valence-corrected chi connectivity index (χ3v) is 2.57. The van der Waals surface area contributed by atoms with Crippen LogP contribution in [0, 0.1) is 10.1 Å². The topological polar surface area (TPSA) is 98.1 Å². The molecule has 0 unspecified atom stereocenters. The van der Waals surface area contributed by atoms with Gasteiger partial charge in [-0.3, -0.25) is 20.0 Å². The molecule has 0 aliphatic rings. The Hall–Kier alpha value is -2.12. The van der Waals surface area contributed by atoms with Crippen LogP contribution in [0.3, 0.4) is 0 Å². The van der Waals surface area contributed by atoms with Gasteiger partial charge in [-0.25, -0.2) is 0 Å². The number of nitrogens with one attached hydrogen (secondary N) is 1. The van der Waals surface area contributed by atoms with E-state index in [0.29, 0.717) is 0 Å². The molecule has 0 radical (unpaired) electrons. The van der Waals surface area contributed by atoms with Crippen LogP contribution < -0.4 is 10.2 Å². The van der Waals surface area contributed by atoms with Crippen LogP contribution in [-0.4, -0.2) is 15.1 Å². The van der Waals surface area contributed by atoms with E-state index in [1.807, 2.05) is 0 Å². The summed E-state index contributed by atoms with van der Waals surface area (Å²) >= 11 is 11.3. The SMILES string of the molecule is O=c1cc(Cl)[nH]nc1Oc1c(Cl)cccc1[N+](=O)[O-]. The van der Waals surface area contributed by atoms with Gasteiger partial charge in [0.1, 0.15) is 5.15 Å². The minimum atomic E-state index is -0.675. The fraction of sp³-hybridized carbons (Fsp3) is 0. The highest BCUT2D eigenvalue weighted by Crippen LogP contribution is 2.36. The van der Waals surface area contributed by atoms with Gasteiger partial charge in [0, 0.05) is 12.1 Å². The zero-order valence-electron chi connectivity index (χ0n) is 9.09. The smallest absolute Gasteiger partial charge is 0.313 e. The number of nitro groups is 1. The fourth-order valence-corrected chi connectivity index (χ4v) is 1.63. The number of hydrogen-bond acceptors (Lipinski definition) is 5. The predicted octanol–water partition coefficient (Wildman–Crippen LogP) is 2.78. The van der Waals surface area contributed by atoms with Gasteiger partial charge in [-0.05, 0) is 6.07 Å². The summed E-state index contributed by atoms with van der Waals surface area (Å²) in [6, 6.07) is 5.03. The zero-order chi connectivity index (χ0) is 14.0. The number of H-pyrrole nitrogens is 1. The molecule has 0 aliphatic heterocycles. The molecule has 0 atom stereocenters. The summed E-state index contributed by atoms with van der Waals surface area (Å²) in [6.45, 7) is 0. The molecule has 98 valence electrons. The molecule has 1 aromatic heterocycles. The Labute approximate surface area is 115 Å². The number of ether oxygens (including phenoxy) is 1. The van der Waals surface area contributed by atoms with Crippen LogP contribution in [0.4, 0.5) is 5.69 Å². The molecular formula is C10H5Cl2N3O4. The van der Waals surface area contributed by atoms with Gasteiger partial charge in [-0.15, -0.1) is 5.10 Å². The van der Waals surface area contributed by atoms with E-state index in [2.05, 4.69) is 10.2 Å². The van der Waals surface area contributed by atoms with Crippen LogP contribution in [0.25, 0.3) is 0 Å². The monoisotopic (exact) mass is 301 g/mol. The van der Waals surface area contributed by atoms with Crippen molar-refractivity contribution in [1.82, 2.24) is 10.2 Å². The van der Waals surface area contributed by atoms with Crippen molar-refractivity contribution in [2.24, 2.45) is 0 Å². The van der Waals surface area contributed by atoms with Gasteiger partial charge < -0.3 is 4.74 Å². The fourth-order valence-electron chi connectivity index (χ4n) is 1.28. The van der Waals surface area contributed by atoms with E-state index in [1.165, 1.54) is 18.2 Å². The van der Waals surface area contributed by atoms with Crippen LogP contribution in [0.15, 0.2) is 29.1 Å². The highest BCUT2D eigenvalue weighted by molar-refractivity contribution is 6.32.